The number of esters is 4. The van der Waals surface area contributed by atoms with Crippen LogP contribution in [0.2, 0.25) is 0 Å². The molecule has 0 aromatic heterocycles. The summed E-state index contributed by atoms with van der Waals surface area (Å²) in [6.07, 6.45) is 64.4. The van der Waals surface area contributed by atoms with E-state index in [4.69, 9.17) is 37.0 Å². The third-order valence-electron chi connectivity index (χ3n) is 19.1. The summed E-state index contributed by atoms with van der Waals surface area (Å²) in [5, 5.41) is 10.6. The van der Waals surface area contributed by atoms with Crippen LogP contribution in [-0.2, 0) is 65.4 Å². The molecule has 0 amide bonds. The molecule has 19 heteroatoms. The largest absolute Gasteiger partial charge is 0.472 e. The number of carbonyl (C=O) groups is 4. The van der Waals surface area contributed by atoms with Crippen LogP contribution in [-0.4, -0.2) is 96.7 Å². The van der Waals surface area contributed by atoms with E-state index < -0.39 is 97.5 Å². The molecular weight excluding hydrogens is 1290 g/mol. The third-order valence-corrected chi connectivity index (χ3v) is 21.0. The topological polar surface area (TPSA) is 237 Å². The summed E-state index contributed by atoms with van der Waals surface area (Å²) in [5.74, 6) is -1.40. The minimum Gasteiger partial charge on any atom is -0.462 e. The Hall–Kier alpha value is -1.94. The van der Waals surface area contributed by atoms with E-state index in [-0.39, 0.29) is 25.7 Å². The molecule has 0 spiro atoms. The number of ether oxygens (including phenoxy) is 4. The van der Waals surface area contributed by atoms with Crippen molar-refractivity contribution in [3.8, 4) is 0 Å². The predicted octanol–water partition coefficient (Wildman–Crippen LogP) is 24.0. The average molecular weight is 1450 g/mol. The summed E-state index contributed by atoms with van der Waals surface area (Å²) in [6.45, 7) is 7.21. The average Bonchev–Trinajstić information content (AvgIpc) is 1.25. The molecule has 6 atom stereocenters. The number of phosphoric ester groups is 2. The van der Waals surface area contributed by atoms with Crippen LogP contribution in [0.5, 0.6) is 0 Å². The number of unbranched alkanes of at least 4 members (excludes halogenated alkanes) is 51. The molecule has 0 saturated heterocycles. The lowest BCUT2D eigenvalue weighted by molar-refractivity contribution is -0.161. The van der Waals surface area contributed by atoms with Crippen molar-refractivity contribution in [3.05, 3.63) is 0 Å². The van der Waals surface area contributed by atoms with Crippen molar-refractivity contribution in [2.45, 2.75) is 445 Å². The SMILES string of the molecule is CCCCCCCCCCCCCCCCCCCCCCCC(=O)OC[C@H](COP(=O)(O)OC[C@@H](O)COP(=O)(O)OC[C@@H](COC(=O)CCCCCCCCC)OC(=O)CCCCCCCCC(C)CC)OC(=O)CCCCCCCCCCCCCCCCCCCCCCC. The van der Waals surface area contributed by atoms with Gasteiger partial charge < -0.3 is 33.8 Å². The Bertz CT molecular complexity index is 1890. The van der Waals surface area contributed by atoms with Crippen molar-refractivity contribution in [3.63, 3.8) is 0 Å². The van der Waals surface area contributed by atoms with Crippen molar-refractivity contribution >= 4 is 39.5 Å². The summed E-state index contributed by atoms with van der Waals surface area (Å²) in [6, 6.07) is 0. The molecule has 0 saturated carbocycles. The zero-order chi connectivity index (χ0) is 72.7. The molecular formula is C80H156O17P2. The Morgan fingerprint density at radius 3 is 0.717 bits per heavy atom. The lowest BCUT2D eigenvalue weighted by Crippen LogP contribution is -2.30. The van der Waals surface area contributed by atoms with E-state index in [2.05, 4.69) is 34.6 Å². The summed E-state index contributed by atoms with van der Waals surface area (Å²) in [7, 11) is -9.91. The fraction of sp³-hybridized carbons (Fsp3) is 0.950. The van der Waals surface area contributed by atoms with E-state index in [1.54, 1.807) is 0 Å². The molecule has 0 fully saturated rings. The Labute approximate surface area is 607 Å². The second-order valence-electron chi connectivity index (χ2n) is 29.1. The van der Waals surface area contributed by atoms with E-state index in [0.717, 1.165) is 109 Å². The second-order valence-corrected chi connectivity index (χ2v) is 32.0. The van der Waals surface area contributed by atoms with Gasteiger partial charge in [-0.05, 0) is 31.6 Å². The van der Waals surface area contributed by atoms with Crippen molar-refractivity contribution in [1.82, 2.24) is 0 Å². The lowest BCUT2D eigenvalue weighted by atomic mass is 10.00. The van der Waals surface area contributed by atoms with Crippen molar-refractivity contribution in [2.24, 2.45) is 5.92 Å². The van der Waals surface area contributed by atoms with Gasteiger partial charge in [0.15, 0.2) is 12.2 Å². The van der Waals surface area contributed by atoms with Crippen molar-refractivity contribution < 1.29 is 80.2 Å². The highest BCUT2D eigenvalue weighted by molar-refractivity contribution is 7.47. The number of aliphatic hydroxyl groups excluding tert-OH is 1. The maximum absolute atomic E-state index is 13.1. The lowest BCUT2D eigenvalue weighted by Gasteiger charge is -2.21. The van der Waals surface area contributed by atoms with Gasteiger partial charge in [-0.15, -0.1) is 0 Å². The fourth-order valence-corrected chi connectivity index (χ4v) is 14.0. The Morgan fingerprint density at radius 1 is 0.283 bits per heavy atom. The van der Waals surface area contributed by atoms with Crippen LogP contribution in [0.25, 0.3) is 0 Å². The first-order chi connectivity index (χ1) is 48.1. The smallest absolute Gasteiger partial charge is 0.462 e. The highest BCUT2D eigenvalue weighted by Crippen LogP contribution is 2.45. The molecule has 0 aromatic rings. The first-order valence-corrected chi connectivity index (χ1v) is 44.7. The molecule has 0 aliphatic carbocycles. The van der Waals surface area contributed by atoms with Gasteiger partial charge >= 0.3 is 39.5 Å². The quantitative estimate of drug-likeness (QED) is 0.0222. The Morgan fingerprint density at radius 2 is 0.485 bits per heavy atom. The number of phosphoric acid groups is 2. The molecule has 0 aliphatic heterocycles. The van der Waals surface area contributed by atoms with Crippen LogP contribution in [0.4, 0.5) is 0 Å². The monoisotopic (exact) mass is 1450 g/mol. The van der Waals surface area contributed by atoms with Crippen LogP contribution < -0.4 is 0 Å². The summed E-state index contributed by atoms with van der Waals surface area (Å²) >= 11 is 0. The third kappa shape index (κ3) is 72.8. The normalized spacial score (nSPS) is 14.1. The van der Waals surface area contributed by atoms with Gasteiger partial charge in [0.1, 0.15) is 19.3 Å². The van der Waals surface area contributed by atoms with Crippen LogP contribution in [0.1, 0.15) is 426 Å². The molecule has 0 aliphatic rings. The van der Waals surface area contributed by atoms with Gasteiger partial charge in [0.2, 0.25) is 0 Å². The minimum atomic E-state index is -4.96. The number of hydrogen-bond acceptors (Lipinski definition) is 15. The van der Waals surface area contributed by atoms with Gasteiger partial charge in [-0.1, -0.05) is 375 Å². The molecule has 99 heavy (non-hydrogen) atoms. The second kappa shape index (κ2) is 73.0. The molecule has 0 rings (SSSR count). The van der Waals surface area contributed by atoms with E-state index in [1.165, 1.54) is 238 Å². The van der Waals surface area contributed by atoms with Crippen LogP contribution in [0.3, 0.4) is 0 Å². The molecule has 17 nitrogen and oxygen atoms in total. The first-order valence-electron chi connectivity index (χ1n) is 41.7. The molecule has 0 radical (unpaired) electrons. The maximum atomic E-state index is 13.1. The fourth-order valence-electron chi connectivity index (χ4n) is 12.4. The van der Waals surface area contributed by atoms with Gasteiger partial charge in [0, 0.05) is 25.7 Å². The zero-order valence-corrected chi connectivity index (χ0v) is 66.4. The highest BCUT2D eigenvalue weighted by atomic mass is 31.2. The van der Waals surface area contributed by atoms with Gasteiger partial charge in [0.05, 0.1) is 26.4 Å². The van der Waals surface area contributed by atoms with E-state index in [9.17, 15) is 43.2 Å². The number of aliphatic hydroxyl groups is 1. The molecule has 3 N–H and O–H groups in total. The van der Waals surface area contributed by atoms with Crippen LogP contribution in [0, 0.1) is 5.92 Å². The first kappa shape index (κ1) is 97.1. The maximum Gasteiger partial charge on any atom is 0.472 e. The molecule has 0 heterocycles. The summed E-state index contributed by atoms with van der Waals surface area (Å²) in [4.78, 5) is 72.7. The zero-order valence-electron chi connectivity index (χ0n) is 64.6. The Kier molecular flexibility index (Phi) is 71.6. The van der Waals surface area contributed by atoms with Gasteiger partial charge in [-0.25, -0.2) is 9.13 Å². The Balaban J connectivity index is 5.13. The number of rotatable bonds is 80. The highest BCUT2D eigenvalue weighted by Gasteiger charge is 2.30. The minimum absolute atomic E-state index is 0.103. The van der Waals surface area contributed by atoms with E-state index >= 15 is 0 Å². The molecule has 0 bridgehead atoms. The van der Waals surface area contributed by atoms with E-state index in [0.29, 0.717) is 25.7 Å². The number of carbonyl (C=O) groups excluding carboxylic acids is 4. The van der Waals surface area contributed by atoms with E-state index in [1.807, 2.05) is 0 Å². The van der Waals surface area contributed by atoms with Crippen LogP contribution >= 0.6 is 15.6 Å². The van der Waals surface area contributed by atoms with Crippen molar-refractivity contribution in [1.29, 1.82) is 0 Å². The van der Waals surface area contributed by atoms with Gasteiger partial charge in [-0.2, -0.15) is 0 Å². The summed E-state index contributed by atoms with van der Waals surface area (Å²) in [5.41, 5.74) is 0. The standard InChI is InChI=1S/C80H156O17P2/c1-6-10-13-16-19-21-23-25-27-29-31-33-35-37-39-41-43-45-48-54-59-64-78(83)91-70-75(96-79(84)65-60-55-49-46-44-42-40-38-36-34-32-30-28-26-24-22-20-17-14-11-7-2)71-94-98(86,87)92-67-74(81)68-93-99(88,89)95-72-76(69-90-77(82)63-58-53-47-18-15-12-8-3)97-80(85)66-61-56-51-50-52-57-62-73(5)9-4/h73-76,81H,6-72H2,1-5H3,(H,86,87)(H,88,89)/t73?,74-,75-,76-/m1/s1. The molecule has 588 valence electrons. The van der Waals surface area contributed by atoms with Gasteiger partial charge in [0.25, 0.3) is 0 Å². The molecule has 0 aromatic carbocycles. The predicted molar refractivity (Wildman–Crippen MR) is 405 cm³/mol. The van der Waals surface area contributed by atoms with Gasteiger partial charge in [-0.3, -0.25) is 37.3 Å². The number of hydrogen-bond donors (Lipinski definition) is 3. The van der Waals surface area contributed by atoms with Crippen molar-refractivity contribution in [2.75, 3.05) is 39.6 Å². The molecule has 3 unspecified atom stereocenters. The summed E-state index contributed by atoms with van der Waals surface area (Å²) < 4.78 is 68.5. The van der Waals surface area contributed by atoms with Crippen LogP contribution in [0.15, 0.2) is 0 Å².